The molecule has 2 heterocycles. The van der Waals surface area contributed by atoms with Crippen LogP contribution in [0.1, 0.15) is 15.9 Å². The van der Waals surface area contributed by atoms with Gasteiger partial charge in [0, 0.05) is 66.4 Å². The molecule has 1 aliphatic heterocycles. The number of anilines is 3. The summed E-state index contributed by atoms with van der Waals surface area (Å²) in [6.45, 7) is 1.19. The largest absolute Gasteiger partial charge is 0.342 e. The molecular formula is C32H34N8O2. The molecule has 0 fully saturated rings. The molecule has 3 N–H and O–H groups in total. The third-order valence-electron chi connectivity index (χ3n) is 6.73. The summed E-state index contributed by atoms with van der Waals surface area (Å²) in [4.78, 5) is 33.7. The quantitative estimate of drug-likeness (QED) is 0.259. The molecule has 1 aromatic heterocycles. The van der Waals surface area contributed by atoms with Crippen molar-refractivity contribution >= 4 is 45.5 Å². The van der Waals surface area contributed by atoms with E-state index in [0.29, 0.717) is 30.2 Å². The van der Waals surface area contributed by atoms with Crippen LogP contribution in [0.15, 0.2) is 102 Å². The molecule has 10 nitrogen and oxygen atoms in total. The highest BCUT2D eigenvalue weighted by Crippen LogP contribution is 2.22. The second kappa shape index (κ2) is 12.5. The van der Waals surface area contributed by atoms with Gasteiger partial charge in [0.2, 0.25) is 5.91 Å². The van der Waals surface area contributed by atoms with E-state index in [-0.39, 0.29) is 11.8 Å². The number of carbonyl (C=O) groups is 2. The number of benzene rings is 3. The molecule has 0 spiro atoms. The minimum atomic E-state index is -0.245. The molecule has 3 aromatic carbocycles. The van der Waals surface area contributed by atoms with E-state index in [9.17, 15) is 9.59 Å². The van der Waals surface area contributed by atoms with Crippen LogP contribution in [0.5, 0.6) is 0 Å². The van der Waals surface area contributed by atoms with Gasteiger partial charge in [-0.3, -0.25) is 19.3 Å². The first-order valence-corrected chi connectivity index (χ1v) is 13.6. The van der Waals surface area contributed by atoms with Crippen molar-refractivity contribution < 1.29 is 9.59 Å². The first-order valence-electron chi connectivity index (χ1n) is 13.6. The Morgan fingerprint density at radius 1 is 0.952 bits per heavy atom. The van der Waals surface area contributed by atoms with E-state index in [4.69, 9.17) is 4.99 Å². The number of nitrogens with zero attached hydrogens (tertiary/aromatic N) is 5. The standard InChI is InChI=1S/C32H34N8O2/c1-38(2)16-6-9-31(41)36-25-14-12-22(13-15-25)32(42)37-27-8-5-7-26(18-27)35-30-19-28(33-21-39(30)3)23-10-11-24-20-34-40(4)29(24)17-23/h5-15,17-20,35H,16,21H2,1-4H3,(H,36,41)(H,37,42)/b9-6+. The molecule has 0 radical (unpaired) electrons. The molecule has 2 amide bonds. The fraction of sp³-hybridized carbons (Fsp3) is 0.188. The lowest BCUT2D eigenvalue weighted by atomic mass is 10.1. The zero-order valence-electron chi connectivity index (χ0n) is 24.1. The Hall–Kier alpha value is -5.22. The summed E-state index contributed by atoms with van der Waals surface area (Å²) in [6, 6.07) is 20.5. The van der Waals surface area contributed by atoms with Gasteiger partial charge < -0.3 is 25.8 Å². The predicted molar refractivity (Wildman–Crippen MR) is 169 cm³/mol. The van der Waals surface area contributed by atoms with E-state index in [1.807, 2.05) is 79.2 Å². The van der Waals surface area contributed by atoms with Gasteiger partial charge in [-0.1, -0.05) is 24.3 Å². The van der Waals surface area contributed by atoms with Crippen molar-refractivity contribution in [1.82, 2.24) is 19.6 Å². The van der Waals surface area contributed by atoms with Gasteiger partial charge in [-0.15, -0.1) is 0 Å². The number of amides is 2. The van der Waals surface area contributed by atoms with Crippen molar-refractivity contribution in [2.45, 2.75) is 0 Å². The lowest BCUT2D eigenvalue weighted by Crippen LogP contribution is -2.28. The summed E-state index contributed by atoms with van der Waals surface area (Å²) in [7, 11) is 7.77. The maximum absolute atomic E-state index is 12.9. The van der Waals surface area contributed by atoms with Crippen molar-refractivity contribution in [1.29, 1.82) is 0 Å². The highest BCUT2D eigenvalue weighted by molar-refractivity contribution is 6.11. The van der Waals surface area contributed by atoms with Crippen LogP contribution in [0.2, 0.25) is 0 Å². The molecule has 0 saturated carbocycles. The average molecular weight is 563 g/mol. The van der Waals surface area contributed by atoms with Crippen LogP contribution in [0.4, 0.5) is 17.1 Å². The number of aliphatic imine (C=N–C) groups is 1. The summed E-state index contributed by atoms with van der Waals surface area (Å²) < 4.78 is 1.86. The average Bonchev–Trinajstić information content (AvgIpc) is 3.34. The van der Waals surface area contributed by atoms with Crippen LogP contribution < -0.4 is 16.0 Å². The SMILES string of the molecule is CN(C)C/C=C/C(=O)Nc1ccc(C(=O)Nc2cccc(NC3=CC(c4ccc5cnn(C)c5c4)=NCN3C)c2)cc1. The van der Waals surface area contributed by atoms with E-state index >= 15 is 0 Å². The van der Waals surface area contributed by atoms with Gasteiger partial charge in [0.15, 0.2) is 0 Å². The topological polar surface area (TPSA) is 107 Å². The number of nitrogens with one attached hydrogen (secondary N) is 3. The van der Waals surface area contributed by atoms with Gasteiger partial charge in [-0.05, 0) is 62.6 Å². The van der Waals surface area contributed by atoms with Crippen molar-refractivity contribution in [3.05, 3.63) is 108 Å². The zero-order valence-corrected chi connectivity index (χ0v) is 24.1. The maximum Gasteiger partial charge on any atom is 0.255 e. The smallest absolute Gasteiger partial charge is 0.255 e. The molecule has 42 heavy (non-hydrogen) atoms. The molecule has 0 aliphatic carbocycles. The van der Waals surface area contributed by atoms with Gasteiger partial charge in [-0.25, -0.2) is 0 Å². The monoisotopic (exact) mass is 562 g/mol. The Morgan fingerprint density at radius 2 is 1.74 bits per heavy atom. The van der Waals surface area contributed by atoms with Crippen LogP contribution in [-0.4, -0.2) is 71.5 Å². The molecule has 0 saturated heterocycles. The van der Waals surface area contributed by atoms with Crippen LogP contribution >= 0.6 is 0 Å². The number of hydrogen-bond donors (Lipinski definition) is 3. The Bertz CT molecular complexity index is 1700. The molecule has 10 heteroatoms. The number of aromatic nitrogens is 2. The second-order valence-corrected chi connectivity index (χ2v) is 10.3. The predicted octanol–water partition coefficient (Wildman–Crippen LogP) is 4.53. The van der Waals surface area contributed by atoms with E-state index < -0.39 is 0 Å². The van der Waals surface area contributed by atoms with E-state index in [1.54, 1.807) is 30.3 Å². The van der Waals surface area contributed by atoms with Crippen LogP contribution in [0, 0.1) is 0 Å². The van der Waals surface area contributed by atoms with Gasteiger partial charge >= 0.3 is 0 Å². The summed E-state index contributed by atoms with van der Waals surface area (Å²) in [5, 5.41) is 14.6. The first-order chi connectivity index (χ1) is 20.2. The van der Waals surface area contributed by atoms with Gasteiger partial charge in [0.05, 0.1) is 17.4 Å². The highest BCUT2D eigenvalue weighted by Gasteiger charge is 2.15. The second-order valence-electron chi connectivity index (χ2n) is 10.3. The number of aryl methyl sites for hydroxylation is 1. The van der Waals surface area contributed by atoms with Crippen molar-refractivity contribution in [2.75, 3.05) is 50.3 Å². The number of carbonyl (C=O) groups excluding carboxylic acids is 2. The first kappa shape index (κ1) is 28.3. The van der Waals surface area contributed by atoms with Crippen LogP contribution in [0.25, 0.3) is 10.9 Å². The fourth-order valence-electron chi connectivity index (χ4n) is 4.44. The lowest BCUT2D eigenvalue weighted by molar-refractivity contribution is -0.111. The van der Waals surface area contributed by atoms with Gasteiger partial charge in [0.25, 0.3) is 5.91 Å². The van der Waals surface area contributed by atoms with Crippen molar-refractivity contribution in [3.63, 3.8) is 0 Å². The maximum atomic E-state index is 12.9. The molecule has 0 bridgehead atoms. The van der Waals surface area contributed by atoms with E-state index in [2.05, 4.69) is 39.2 Å². The lowest BCUT2D eigenvalue weighted by Gasteiger charge is -2.26. The summed E-state index contributed by atoms with van der Waals surface area (Å²) in [6.07, 6.45) is 7.16. The number of hydrogen-bond acceptors (Lipinski definition) is 7. The van der Waals surface area contributed by atoms with E-state index in [1.165, 1.54) is 6.08 Å². The Labute approximate surface area is 245 Å². The van der Waals surface area contributed by atoms with Crippen LogP contribution in [0.3, 0.4) is 0 Å². The summed E-state index contributed by atoms with van der Waals surface area (Å²) >= 11 is 0. The third-order valence-corrected chi connectivity index (χ3v) is 6.73. The molecule has 0 atom stereocenters. The minimum absolute atomic E-state index is 0.218. The fourth-order valence-corrected chi connectivity index (χ4v) is 4.44. The Balaban J connectivity index is 1.23. The van der Waals surface area contributed by atoms with Crippen LogP contribution in [-0.2, 0) is 11.8 Å². The molecule has 4 aromatic rings. The summed E-state index contributed by atoms with van der Waals surface area (Å²) in [5.74, 6) is 0.428. The third kappa shape index (κ3) is 6.91. The Kier molecular flexibility index (Phi) is 8.44. The zero-order chi connectivity index (χ0) is 29.6. The molecule has 5 rings (SSSR count). The molecular weight excluding hydrogens is 528 g/mol. The Morgan fingerprint density at radius 3 is 2.52 bits per heavy atom. The molecule has 214 valence electrons. The summed E-state index contributed by atoms with van der Waals surface area (Å²) in [5.41, 5.74) is 5.53. The van der Waals surface area contributed by atoms with Crippen molar-refractivity contribution in [2.24, 2.45) is 12.0 Å². The normalized spacial score (nSPS) is 13.3. The van der Waals surface area contributed by atoms with Crippen molar-refractivity contribution in [3.8, 4) is 0 Å². The van der Waals surface area contributed by atoms with Gasteiger partial charge in [-0.2, -0.15) is 5.10 Å². The van der Waals surface area contributed by atoms with E-state index in [0.717, 1.165) is 33.7 Å². The molecule has 0 unspecified atom stereocenters. The molecule has 1 aliphatic rings. The number of allylic oxidation sites excluding steroid dienone is 1. The number of likely N-dealkylation sites (N-methyl/N-ethyl adjacent to an activating group) is 1. The number of fused-ring (bicyclic) bond motifs is 1. The van der Waals surface area contributed by atoms with Gasteiger partial charge in [0.1, 0.15) is 12.5 Å². The number of rotatable bonds is 9. The highest BCUT2D eigenvalue weighted by atomic mass is 16.2. The minimum Gasteiger partial charge on any atom is -0.342 e.